The van der Waals surface area contributed by atoms with Crippen molar-refractivity contribution in [2.24, 2.45) is 5.73 Å². The van der Waals surface area contributed by atoms with Crippen molar-refractivity contribution in [2.75, 3.05) is 21.9 Å². The quantitative estimate of drug-likeness (QED) is 0.867. The predicted octanol–water partition coefficient (Wildman–Crippen LogP) is 0.902. The van der Waals surface area contributed by atoms with E-state index in [2.05, 4.69) is 5.32 Å². The van der Waals surface area contributed by atoms with E-state index in [0.717, 1.165) is 0 Å². The lowest BCUT2D eigenvalue weighted by Gasteiger charge is -2.20. The molecule has 110 valence electrons. The molecule has 1 aliphatic rings. The van der Waals surface area contributed by atoms with E-state index < -0.39 is 15.6 Å². The van der Waals surface area contributed by atoms with Crippen LogP contribution in [0.3, 0.4) is 0 Å². The number of carbonyl (C=O) groups excluding carboxylic acids is 1. The van der Waals surface area contributed by atoms with Gasteiger partial charge in [-0.25, -0.2) is 8.42 Å². The van der Waals surface area contributed by atoms with E-state index in [0.29, 0.717) is 24.3 Å². The summed E-state index contributed by atoms with van der Waals surface area (Å²) in [6, 6.07) is 6.77. The van der Waals surface area contributed by atoms with E-state index in [9.17, 15) is 13.2 Å². The summed E-state index contributed by atoms with van der Waals surface area (Å²) in [5, 5.41) is 2.69. The molecule has 0 aliphatic carbocycles. The molecule has 0 atom stereocenters. The fourth-order valence-corrected chi connectivity index (χ4v) is 3.52. The Balaban J connectivity index is 2.23. The van der Waals surface area contributed by atoms with Crippen LogP contribution in [-0.4, -0.2) is 32.2 Å². The zero-order valence-electron chi connectivity index (χ0n) is 11.6. The van der Waals surface area contributed by atoms with Crippen LogP contribution in [0.25, 0.3) is 0 Å². The lowest BCUT2D eigenvalue weighted by molar-refractivity contribution is -0.120. The minimum Gasteiger partial charge on any atom is -0.324 e. The first-order valence-corrected chi connectivity index (χ1v) is 8.02. The van der Waals surface area contributed by atoms with Crippen molar-refractivity contribution in [3.63, 3.8) is 0 Å². The van der Waals surface area contributed by atoms with Crippen LogP contribution in [-0.2, 0) is 14.8 Å². The number of hydrogen-bond donors (Lipinski definition) is 2. The first-order valence-electron chi connectivity index (χ1n) is 6.41. The maximum Gasteiger partial charge on any atom is 0.243 e. The molecule has 0 radical (unpaired) electrons. The molecule has 7 heteroatoms. The standard InChI is InChI=1S/C13H19N3O3S/c1-13(2,14)12(17)15-10-5-3-6-11(9-10)16-7-4-8-20(16,18)19/h3,5-6,9H,4,7-8,14H2,1-2H3,(H,15,17). The summed E-state index contributed by atoms with van der Waals surface area (Å²) in [5.41, 5.74) is 5.82. The second-order valence-electron chi connectivity index (χ2n) is 5.47. The van der Waals surface area contributed by atoms with Crippen molar-refractivity contribution in [2.45, 2.75) is 25.8 Å². The van der Waals surface area contributed by atoms with Gasteiger partial charge in [-0.3, -0.25) is 9.10 Å². The van der Waals surface area contributed by atoms with Gasteiger partial charge >= 0.3 is 0 Å². The van der Waals surface area contributed by atoms with Crippen LogP contribution in [0.5, 0.6) is 0 Å². The molecule has 1 aromatic carbocycles. The van der Waals surface area contributed by atoms with Gasteiger partial charge in [-0.2, -0.15) is 0 Å². The molecular formula is C13H19N3O3S. The Kier molecular flexibility index (Phi) is 3.75. The predicted molar refractivity (Wildman–Crippen MR) is 79.1 cm³/mol. The van der Waals surface area contributed by atoms with E-state index >= 15 is 0 Å². The Morgan fingerprint density at radius 2 is 2.10 bits per heavy atom. The Bertz CT molecular complexity index is 620. The smallest absolute Gasteiger partial charge is 0.243 e. The molecule has 3 N–H and O–H groups in total. The number of nitrogens with two attached hydrogens (primary N) is 1. The first-order chi connectivity index (χ1) is 9.20. The van der Waals surface area contributed by atoms with Crippen molar-refractivity contribution in [3.05, 3.63) is 24.3 Å². The van der Waals surface area contributed by atoms with Crippen molar-refractivity contribution in [3.8, 4) is 0 Å². The number of amides is 1. The Hall–Kier alpha value is -1.60. The molecule has 6 nitrogen and oxygen atoms in total. The summed E-state index contributed by atoms with van der Waals surface area (Å²) in [7, 11) is -3.22. The number of rotatable bonds is 3. The normalized spacial score (nSPS) is 18.1. The van der Waals surface area contributed by atoms with Gasteiger partial charge in [-0.05, 0) is 38.5 Å². The highest BCUT2D eigenvalue weighted by Gasteiger charge is 2.28. The zero-order chi connectivity index (χ0) is 15.0. The SMILES string of the molecule is CC(C)(N)C(=O)Nc1cccc(N2CCCS2(=O)=O)c1. The average Bonchev–Trinajstić information content (AvgIpc) is 2.68. The van der Waals surface area contributed by atoms with Gasteiger partial charge in [-0.1, -0.05) is 6.07 Å². The molecule has 0 saturated carbocycles. The summed E-state index contributed by atoms with van der Waals surface area (Å²) in [4.78, 5) is 11.8. The zero-order valence-corrected chi connectivity index (χ0v) is 12.4. The lowest BCUT2D eigenvalue weighted by atomic mass is 10.1. The molecule has 0 aromatic heterocycles. The van der Waals surface area contributed by atoms with Gasteiger partial charge in [0.1, 0.15) is 0 Å². The van der Waals surface area contributed by atoms with E-state index in [-0.39, 0.29) is 11.7 Å². The van der Waals surface area contributed by atoms with Gasteiger partial charge < -0.3 is 11.1 Å². The van der Waals surface area contributed by atoms with Crippen LogP contribution < -0.4 is 15.4 Å². The topological polar surface area (TPSA) is 92.5 Å². The van der Waals surface area contributed by atoms with Gasteiger partial charge in [-0.15, -0.1) is 0 Å². The second kappa shape index (κ2) is 5.06. The molecule has 1 fully saturated rings. The summed E-state index contributed by atoms with van der Waals surface area (Å²) in [5.74, 6) is -0.154. The molecule has 1 amide bonds. The maximum atomic E-state index is 11.9. The molecule has 1 aromatic rings. The summed E-state index contributed by atoms with van der Waals surface area (Å²) in [6.07, 6.45) is 0.620. The van der Waals surface area contributed by atoms with Gasteiger partial charge in [0.15, 0.2) is 0 Å². The number of carbonyl (C=O) groups is 1. The van der Waals surface area contributed by atoms with Crippen molar-refractivity contribution in [1.82, 2.24) is 0 Å². The van der Waals surface area contributed by atoms with Crippen molar-refractivity contribution in [1.29, 1.82) is 0 Å². The average molecular weight is 297 g/mol. The number of hydrogen-bond acceptors (Lipinski definition) is 4. The highest BCUT2D eigenvalue weighted by atomic mass is 32.2. The van der Waals surface area contributed by atoms with Gasteiger partial charge in [0.25, 0.3) is 0 Å². The molecular weight excluding hydrogens is 278 g/mol. The number of nitrogens with one attached hydrogen (secondary N) is 1. The Morgan fingerprint density at radius 3 is 2.65 bits per heavy atom. The molecule has 0 unspecified atom stereocenters. The third-order valence-corrected chi connectivity index (χ3v) is 4.95. The number of nitrogens with zero attached hydrogens (tertiary/aromatic N) is 1. The van der Waals surface area contributed by atoms with E-state index in [4.69, 9.17) is 5.73 Å². The largest absolute Gasteiger partial charge is 0.324 e. The summed E-state index contributed by atoms with van der Waals surface area (Å²) in [6.45, 7) is 3.69. The van der Waals surface area contributed by atoms with Crippen molar-refractivity contribution >= 4 is 27.3 Å². The number of benzene rings is 1. The molecule has 1 aliphatic heterocycles. The van der Waals surface area contributed by atoms with Crippen LogP contribution in [0.2, 0.25) is 0 Å². The monoisotopic (exact) mass is 297 g/mol. The summed E-state index contributed by atoms with van der Waals surface area (Å²) < 4.78 is 25.1. The minimum absolute atomic E-state index is 0.166. The van der Waals surface area contributed by atoms with Gasteiger partial charge in [0.2, 0.25) is 15.9 Å². The van der Waals surface area contributed by atoms with E-state index in [1.165, 1.54) is 4.31 Å². The molecule has 2 rings (SSSR count). The molecule has 1 saturated heterocycles. The minimum atomic E-state index is -3.22. The van der Waals surface area contributed by atoms with Crippen molar-refractivity contribution < 1.29 is 13.2 Å². The lowest BCUT2D eigenvalue weighted by Crippen LogP contribution is -2.45. The molecule has 1 heterocycles. The highest BCUT2D eigenvalue weighted by molar-refractivity contribution is 7.93. The van der Waals surface area contributed by atoms with E-state index in [1.54, 1.807) is 38.1 Å². The third kappa shape index (κ3) is 3.10. The van der Waals surface area contributed by atoms with Crippen LogP contribution in [0.4, 0.5) is 11.4 Å². The second-order valence-corrected chi connectivity index (χ2v) is 7.48. The van der Waals surface area contributed by atoms with Crippen LogP contribution >= 0.6 is 0 Å². The highest BCUT2D eigenvalue weighted by Crippen LogP contribution is 2.26. The number of anilines is 2. The van der Waals surface area contributed by atoms with Crippen LogP contribution in [0.1, 0.15) is 20.3 Å². The maximum absolute atomic E-state index is 11.9. The first kappa shape index (κ1) is 14.8. The third-order valence-electron chi connectivity index (χ3n) is 3.08. The Labute approximate surface area is 119 Å². The fraction of sp³-hybridized carbons (Fsp3) is 0.462. The molecule has 20 heavy (non-hydrogen) atoms. The van der Waals surface area contributed by atoms with Crippen LogP contribution in [0.15, 0.2) is 24.3 Å². The van der Waals surface area contributed by atoms with Gasteiger partial charge in [0, 0.05) is 12.2 Å². The fourth-order valence-electron chi connectivity index (χ4n) is 1.96. The van der Waals surface area contributed by atoms with E-state index in [1.807, 2.05) is 0 Å². The van der Waals surface area contributed by atoms with Gasteiger partial charge in [0.05, 0.1) is 17.0 Å². The summed E-state index contributed by atoms with van der Waals surface area (Å²) >= 11 is 0. The molecule has 0 bridgehead atoms. The molecule has 0 spiro atoms. The number of sulfonamides is 1. The Morgan fingerprint density at radius 1 is 1.40 bits per heavy atom. The van der Waals surface area contributed by atoms with Crippen LogP contribution in [0, 0.1) is 0 Å².